The normalized spacial score (nSPS) is 41.4. The maximum atomic E-state index is 11.2. The van der Waals surface area contributed by atoms with Crippen LogP contribution in [0.15, 0.2) is 11.1 Å². The van der Waals surface area contributed by atoms with Gasteiger partial charge in [0.25, 0.3) is 0 Å². The van der Waals surface area contributed by atoms with Gasteiger partial charge in [-0.1, -0.05) is 26.3 Å². The summed E-state index contributed by atoms with van der Waals surface area (Å²) in [6, 6.07) is 0. The highest BCUT2D eigenvalue weighted by Gasteiger charge is 2.48. The molecule has 2 aliphatic carbocycles. The van der Waals surface area contributed by atoms with Crippen molar-refractivity contribution in [1.82, 2.24) is 0 Å². The van der Waals surface area contributed by atoms with Crippen molar-refractivity contribution in [3.8, 4) is 0 Å². The third kappa shape index (κ3) is 2.20. The Morgan fingerprint density at radius 2 is 2.00 bits per heavy atom. The third-order valence-electron chi connectivity index (χ3n) is 5.00. The number of hydrogen-bond acceptors (Lipinski definition) is 2. The third-order valence-corrected chi connectivity index (χ3v) is 5.00. The number of aliphatic hydroxyl groups excluding tert-OH is 1. The lowest BCUT2D eigenvalue weighted by Crippen LogP contribution is -2.32. The second kappa shape index (κ2) is 4.37. The molecule has 0 bridgehead atoms. The summed E-state index contributed by atoms with van der Waals surface area (Å²) >= 11 is 0. The molecule has 0 aromatic heterocycles. The molecule has 0 unspecified atom stereocenters. The first-order chi connectivity index (χ1) is 8.23. The summed E-state index contributed by atoms with van der Waals surface area (Å²) in [4.78, 5) is 11.2. The molecule has 0 amide bonds. The van der Waals surface area contributed by atoms with Gasteiger partial charge in [-0.25, -0.2) is 4.79 Å². The zero-order chi connectivity index (χ0) is 13.7. The molecular formula is C15H24O3. The molecule has 0 heterocycles. The van der Waals surface area contributed by atoms with E-state index in [-0.39, 0.29) is 23.4 Å². The molecule has 0 saturated heterocycles. The minimum atomic E-state index is -0.810. The summed E-state index contributed by atoms with van der Waals surface area (Å²) < 4.78 is 0. The average molecular weight is 252 g/mol. The Bertz CT molecular complexity index is 395. The predicted molar refractivity (Wildman–Crippen MR) is 70.1 cm³/mol. The fourth-order valence-corrected chi connectivity index (χ4v) is 3.94. The molecule has 2 N–H and O–H groups in total. The van der Waals surface area contributed by atoms with Crippen LogP contribution >= 0.6 is 0 Å². The number of aliphatic hydroxyl groups is 1. The molecule has 0 radical (unpaired) electrons. The van der Waals surface area contributed by atoms with Crippen LogP contribution < -0.4 is 0 Å². The number of allylic oxidation sites excluding steroid dienone is 1. The lowest BCUT2D eigenvalue weighted by Gasteiger charge is -2.41. The van der Waals surface area contributed by atoms with Crippen molar-refractivity contribution in [2.45, 2.75) is 53.1 Å². The van der Waals surface area contributed by atoms with E-state index in [1.54, 1.807) is 6.92 Å². The molecule has 2 saturated carbocycles. The van der Waals surface area contributed by atoms with Crippen molar-refractivity contribution in [2.24, 2.45) is 23.2 Å². The molecule has 0 aromatic rings. The summed E-state index contributed by atoms with van der Waals surface area (Å²) in [5.74, 6) is 0.189. The highest BCUT2D eigenvalue weighted by Crippen LogP contribution is 2.54. The van der Waals surface area contributed by atoms with Gasteiger partial charge in [0, 0.05) is 5.57 Å². The lowest BCUT2D eigenvalue weighted by atomic mass is 9.63. The van der Waals surface area contributed by atoms with Crippen molar-refractivity contribution in [2.75, 3.05) is 0 Å². The van der Waals surface area contributed by atoms with Gasteiger partial charge in [-0.2, -0.15) is 0 Å². The van der Waals surface area contributed by atoms with Crippen LogP contribution in [0.2, 0.25) is 0 Å². The molecule has 0 aliphatic heterocycles. The van der Waals surface area contributed by atoms with E-state index < -0.39 is 5.97 Å². The molecule has 102 valence electrons. The number of carbonyl (C=O) groups is 1. The topological polar surface area (TPSA) is 57.5 Å². The fourth-order valence-electron chi connectivity index (χ4n) is 3.94. The second-order valence-electron chi connectivity index (χ2n) is 6.93. The van der Waals surface area contributed by atoms with Crippen LogP contribution in [-0.2, 0) is 4.79 Å². The molecule has 2 aliphatic rings. The lowest BCUT2D eigenvalue weighted by molar-refractivity contribution is -0.132. The molecule has 4 atom stereocenters. The Hall–Kier alpha value is -0.830. The SMILES string of the molecule is CC(C(=O)O)=C1CC(C)(C)C[C@H]2[C@@H](C)[C@H](O)C[C@H]12. The van der Waals surface area contributed by atoms with Crippen molar-refractivity contribution >= 4 is 5.97 Å². The van der Waals surface area contributed by atoms with Crippen molar-refractivity contribution in [3.63, 3.8) is 0 Å². The number of hydrogen-bond donors (Lipinski definition) is 2. The van der Waals surface area contributed by atoms with Crippen LogP contribution in [0, 0.1) is 23.2 Å². The average Bonchev–Trinajstić information content (AvgIpc) is 2.53. The number of fused-ring (bicyclic) bond motifs is 1. The fraction of sp³-hybridized carbons (Fsp3) is 0.800. The van der Waals surface area contributed by atoms with Gasteiger partial charge in [-0.05, 0) is 49.4 Å². The zero-order valence-corrected chi connectivity index (χ0v) is 11.7. The number of rotatable bonds is 1. The molecule has 2 rings (SSSR count). The van der Waals surface area contributed by atoms with E-state index in [4.69, 9.17) is 0 Å². The molecule has 18 heavy (non-hydrogen) atoms. The van der Waals surface area contributed by atoms with Gasteiger partial charge in [-0.15, -0.1) is 0 Å². The molecule has 0 spiro atoms. The number of carboxylic acid groups (broad SMARTS) is 1. The summed E-state index contributed by atoms with van der Waals surface area (Å²) in [5.41, 5.74) is 1.72. The zero-order valence-electron chi connectivity index (χ0n) is 11.7. The Morgan fingerprint density at radius 1 is 1.39 bits per heavy atom. The van der Waals surface area contributed by atoms with Gasteiger partial charge in [0.1, 0.15) is 0 Å². The molecule has 3 nitrogen and oxygen atoms in total. The Kier molecular flexibility index (Phi) is 3.30. The summed E-state index contributed by atoms with van der Waals surface area (Å²) in [7, 11) is 0. The van der Waals surface area contributed by atoms with Gasteiger partial charge >= 0.3 is 5.97 Å². The molecule has 2 fully saturated rings. The van der Waals surface area contributed by atoms with Gasteiger partial charge in [0.15, 0.2) is 0 Å². The monoisotopic (exact) mass is 252 g/mol. The van der Waals surface area contributed by atoms with E-state index in [0.717, 1.165) is 24.8 Å². The van der Waals surface area contributed by atoms with Crippen LogP contribution in [-0.4, -0.2) is 22.3 Å². The van der Waals surface area contributed by atoms with Crippen molar-refractivity contribution < 1.29 is 15.0 Å². The summed E-state index contributed by atoms with van der Waals surface area (Å²) in [6.07, 6.45) is 2.41. The molecule has 0 aromatic carbocycles. The maximum absolute atomic E-state index is 11.2. The first-order valence-electron chi connectivity index (χ1n) is 6.84. The van der Waals surface area contributed by atoms with Gasteiger partial charge < -0.3 is 10.2 Å². The van der Waals surface area contributed by atoms with Gasteiger partial charge in [0.05, 0.1) is 6.10 Å². The Morgan fingerprint density at radius 3 is 2.56 bits per heavy atom. The van der Waals surface area contributed by atoms with Crippen molar-refractivity contribution in [1.29, 1.82) is 0 Å². The van der Waals surface area contributed by atoms with E-state index in [0.29, 0.717) is 11.5 Å². The first kappa shape index (κ1) is 13.6. The van der Waals surface area contributed by atoms with E-state index in [9.17, 15) is 15.0 Å². The van der Waals surface area contributed by atoms with E-state index in [1.807, 2.05) is 0 Å². The van der Waals surface area contributed by atoms with E-state index in [1.165, 1.54) is 0 Å². The quantitative estimate of drug-likeness (QED) is 0.705. The number of carboxylic acids is 1. The highest BCUT2D eigenvalue weighted by atomic mass is 16.4. The minimum Gasteiger partial charge on any atom is -0.478 e. The standard InChI is InChI=1S/C15H24O3/c1-8-11-6-15(3,4)7-12(9(2)14(17)18)10(11)5-13(8)16/h8,10-11,13,16H,5-7H2,1-4H3,(H,17,18)/t8-,10+,11+,13-/m1/s1. The predicted octanol–water partition coefficient (Wildman–Crippen LogP) is 2.84. The first-order valence-corrected chi connectivity index (χ1v) is 6.84. The second-order valence-corrected chi connectivity index (χ2v) is 6.93. The van der Waals surface area contributed by atoms with E-state index in [2.05, 4.69) is 20.8 Å². The van der Waals surface area contributed by atoms with Crippen LogP contribution in [0.3, 0.4) is 0 Å². The molecule has 3 heteroatoms. The Labute approximate surface area is 109 Å². The van der Waals surface area contributed by atoms with Crippen LogP contribution in [0.1, 0.15) is 47.0 Å². The van der Waals surface area contributed by atoms with Gasteiger partial charge in [0.2, 0.25) is 0 Å². The maximum Gasteiger partial charge on any atom is 0.331 e. The summed E-state index contributed by atoms with van der Waals surface area (Å²) in [6.45, 7) is 8.22. The van der Waals surface area contributed by atoms with Crippen LogP contribution in [0.5, 0.6) is 0 Å². The van der Waals surface area contributed by atoms with Crippen LogP contribution in [0.4, 0.5) is 0 Å². The largest absolute Gasteiger partial charge is 0.478 e. The summed E-state index contributed by atoms with van der Waals surface area (Å²) in [5, 5.41) is 19.3. The smallest absolute Gasteiger partial charge is 0.331 e. The highest BCUT2D eigenvalue weighted by molar-refractivity contribution is 5.87. The van der Waals surface area contributed by atoms with Gasteiger partial charge in [-0.3, -0.25) is 0 Å². The number of aliphatic carboxylic acids is 1. The van der Waals surface area contributed by atoms with E-state index >= 15 is 0 Å². The van der Waals surface area contributed by atoms with Crippen molar-refractivity contribution in [3.05, 3.63) is 11.1 Å². The van der Waals surface area contributed by atoms with Crippen LogP contribution in [0.25, 0.3) is 0 Å². The minimum absolute atomic E-state index is 0.144. The molecular weight excluding hydrogens is 228 g/mol. The Balaban J connectivity index is 2.41.